The van der Waals surface area contributed by atoms with Crippen LogP contribution in [-0.4, -0.2) is 40.2 Å². The Morgan fingerprint density at radius 3 is 2.96 bits per heavy atom. The molecule has 0 amide bonds. The summed E-state index contributed by atoms with van der Waals surface area (Å²) in [5.41, 5.74) is 0.893. The molecule has 0 aliphatic rings. The maximum Gasteiger partial charge on any atom is 0.191 e. The topological polar surface area (TPSA) is 66.6 Å². The SMILES string of the molecule is CCNC(=NCCCc1nnc2ccccn12)NCCc1cccs1. The Balaban J connectivity index is 1.46. The van der Waals surface area contributed by atoms with E-state index in [1.165, 1.54) is 4.88 Å². The van der Waals surface area contributed by atoms with Gasteiger partial charge in [0.1, 0.15) is 5.82 Å². The summed E-state index contributed by atoms with van der Waals surface area (Å²) in [7, 11) is 0. The molecule has 2 N–H and O–H groups in total. The van der Waals surface area contributed by atoms with Gasteiger partial charge in [-0.25, -0.2) is 0 Å². The molecule has 0 saturated carbocycles. The molecule has 3 aromatic heterocycles. The lowest BCUT2D eigenvalue weighted by Crippen LogP contribution is -2.38. The van der Waals surface area contributed by atoms with Gasteiger partial charge >= 0.3 is 0 Å². The summed E-state index contributed by atoms with van der Waals surface area (Å²) < 4.78 is 2.04. The van der Waals surface area contributed by atoms with Crippen molar-refractivity contribution in [1.29, 1.82) is 0 Å². The highest BCUT2D eigenvalue weighted by atomic mass is 32.1. The molecule has 0 radical (unpaired) electrons. The third kappa shape index (κ3) is 5.03. The number of hydrogen-bond acceptors (Lipinski definition) is 4. The number of nitrogens with one attached hydrogen (secondary N) is 2. The summed E-state index contributed by atoms with van der Waals surface area (Å²) in [4.78, 5) is 6.04. The van der Waals surface area contributed by atoms with Crippen molar-refractivity contribution in [3.63, 3.8) is 0 Å². The van der Waals surface area contributed by atoms with Gasteiger partial charge in [-0.1, -0.05) is 12.1 Å². The van der Waals surface area contributed by atoms with Crippen LogP contribution in [0.2, 0.25) is 0 Å². The van der Waals surface area contributed by atoms with Crippen LogP contribution in [0.3, 0.4) is 0 Å². The quantitative estimate of drug-likeness (QED) is 0.370. The minimum atomic E-state index is 0.760. The van der Waals surface area contributed by atoms with Crippen LogP contribution in [0.4, 0.5) is 0 Å². The third-order valence-corrected chi connectivity index (χ3v) is 4.74. The third-order valence-electron chi connectivity index (χ3n) is 3.80. The van der Waals surface area contributed by atoms with E-state index in [-0.39, 0.29) is 0 Å². The fourth-order valence-electron chi connectivity index (χ4n) is 2.59. The largest absolute Gasteiger partial charge is 0.357 e. The fraction of sp³-hybridized carbons (Fsp3) is 0.389. The summed E-state index contributed by atoms with van der Waals surface area (Å²) in [6.07, 6.45) is 4.83. The number of aliphatic imine (C=N–C) groups is 1. The van der Waals surface area contributed by atoms with Crippen LogP contribution < -0.4 is 10.6 Å². The van der Waals surface area contributed by atoms with Gasteiger partial charge < -0.3 is 10.6 Å². The van der Waals surface area contributed by atoms with Gasteiger partial charge in [0.2, 0.25) is 0 Å². The fourth-order valence-corrected chi connectivity index (χ4v) is 3.30. The first-order chi connectivity index (χ1) is 12.4. The van der Waals surface area contributed by atoms with Crippen LogP contribution in [0, 0.1) is 0 Å². The van der Waals surface area contributed by atoms with Crippen molar-refractivity contribution >= 4 is 22.9 Å². The smallest absolute Gasteiger partial charge is 0.191 e. The summed E-state index contributed by atoms with van der Waals surface area (Å²) in [6.45, 7) is 4.59. The summed E-state index contributed by atoms with van der Waals surface area (Å²) in [5, 5.41) is 17.2. The monoisotopic (exact) mass is 356 g/mol. The Kier molecular flexibility index (Phi) is 6.39. The molecule has 0 bridgehead atoms. The summed E-state index contributed by atoms with van der Waals surface area (Å²) >= 11 is 1.79. The lowest BCUT2D eigenvalue weighted by molar-refractivity contribution is 0.751. The van der Waals surface area contributed by atoms with Crippen LogP contribution in [0.1, 0.15) is 24.0 Å². The van der Waals surface area contributed by atoms with Crippen molar-refractivity contribution in [1.82, 2.24) is 25.2 Å². The summed E-state index contributed by atoms with van der Waals surface area (Å²) in [6, 6.07) is 10.2. The molecule has 0 aromatic carbocycles. The zero-order valence-corrected chi connectivity index (χ0v) is 15.3. The molecule has 0 spiro atoms. The second-order valence-corrected chi connectivity index (χ2v) is 6.70. The number of hydrogen-bond donors (Lipinski definition) is 2. The minimum absolute atomic E-state index is 0.760. The van der Waals surface area contributed by atoms with Gasteiger partial charge in [0.25, 0.3) is 0 Å². The number of thiophene rings is 1. The average Bonchev–Trinajstić information content (AvgIpc) is 3.28. The van der Waals surface area contributed by atoms with Crippen LogP contribution in [-0.2, 0) is 12.8 Å². The molecule has 6 nitrogen and oxygen atoms in total. The van der Waals surface area contributed by atoms with Crippen molar-refractivity contribution < 1.29 is 0 Å². The predicted molar refractivity (Wildman–Crippen MR) is 103 cm³/mol. The highest BCUT2D eigenvalue weighted by Gasteiger charge is 2.04. The van der Waals surface area contributed by atoms with E-state index in [0.717, 1.165) is 56.3 Å². The molecule has 3 rings (SSSR count). The highest BCUT2D eigenvalue weighted by molar-refractivity contribution is 7.09. The van der Waals surface area contributed by atoms with Gasteiger partial charge in [0, 0.05) is 37.1 Å². The second-order valence-electron chi connectivity index (χ2n) is 5.67. The first-order valence-corrected chi connectivity index (χ1v) is 9.58. The van der Waals surface area contributed by atoms with Crippen molar-refractivity contribution in [2.24, 2.45) is 4.99 Å². The first kappa shape index (κ1) is 17.4. The molecule has 0 aliphatic heterocycles. The second kappa shape index (κ2) is 9.17. The van der Waals surface area contributed by atoms with Gasteiger partial charge in [-0.15, -0.1) is 21.5 Å². The maximum absolute atomic E-state index is 4.65. The number of rotatable bonds is 8. The van der Waals surface area contributed by atoms with Crippen LogP contribution >= 0.6 is 11.3 Å². The zero-order valence-electron chi connectivity index (χ0n) is 14.5. The van der Waals surface area contributed by atoms with Crippen molar-refractivity contribution in [2.75, 3.05) is 19.6 Å². The predicted octanol–water partition coefficient (Wildman–Crippen LogP) is 2.52. The van der Waals surface area contributed by atoms with Gasteiger partial charge in [-0.2, -0.15) is 0 Å². The summed E-state index contributed by atoms with van der Waals surface area (Å²) in [5.74, 6) is 1.87. The van der Waals surface area contributed by atoms with E-state index in [1.54, 1.807) is 11.3 Å². The van der Waals surface area contributed by atoms with Crippen LogP contribution in [0.15, 0.2) is 46.9 Å². The molecule has 3 heterocycles. The molecule has 3 aromatic rings. The van der Waals surface area contributed by atoms with Crippen molar-refractivity contribution in [2.45, 2.75) is 26.2 Å². The molecule has 7 heteroatoms. The van der Waals surface area contributed by atoms with Crippen molar-refractivity contribution in [3.05, 3.63) is 52.6 Å². The van der Waals surface area contributed by atoms with E-state index in [9.17, 15) is 0 Å². The van der Waals surface area contributed by atoms with Gasteiger partial charge in [-0.05, 0) is 43.3 Å². The van der Waals surface area contributed by atoms with E-state index < -0.39 is 0 Å². The number of aryl methyl sites for hydroxylation is 1. The molecule has 0 saturated heterocycles. The molecule has 0 atom stereocenters. The Morgan fingerprint density at radius 1 is 1.16 bits per heavy atom. The lowest BCUT2D eigenvalue weighted by Gasteiger charge is -2.10. The number of pyridine rings is 1. The van der Waals surface area contributed by atoms with E-state index in [2.05, 4.69) is 50.3 Å². The Bertz CT molecular complexity index is 793. The van der Waals surface area contributed by atoms with E-state index in [4.69, 9.17) is 0 Å². The molecule has 132 valence electrons. The molecule has 0 fully saturated rings. The first-order valence-electron chi connectivity index (χ1n) is 8.70. The van der Waals surface area contributed by atoms with Gasteiger partial charge in [-0.3, -0.25) is 9.39 Å². The average molecular weight is 356 g/mol. The molecular formula is C18H24N6S. The number of fused-ring (bicyclic) bond motifs is 1. The minimum Gasteiger partial charge on any atom is -0.357 e. The molecular weight excluding hydrogens is 332 g/mol. The molecule has 0 aliphatic carbocycles. The van der Waals surface area contributed by atoms with E-state index in [1.807, 2.05) is 28.8 Å². The standard InChI is InChI=1S/C18H24N6S/c1-2-19-18(21-12-10-15-7-6-14-25-15)20-11-5-9-17-23-22-16-8-3-4-13-24(16)17/h3-4,6-8,13-14H,2,5,9-12H2,1H3,(H2,19,20,21). The van der Waals surface area contributed by atoms with E-state index in [0.29, 0.717) is 0 Å². The Labute approximate surface area is 152 Å². The maximum atomic E-state index is 4.65. The number of guanidine groups is 1. The number of aromatic nitrogens is 3. The highest BCUT2D eigenvalue weighted by Crippen LogP contribution is 2.08. The Hall–Kier alpha value is -2.41. The van der Waals surface area contributed by atoms with Gasteiger partial charge in [0.15, 0.2) is 11.6 Å². The Morgan fingerprint density at radius 2 is 2.12 bits per heavy atom. The van der Waals surface area contributed by atoms with Gasteiger partial charge in [0.05, 0.1) is 0 Å². The van der Waals surface area contributed by atoms with Crippen LogP contribution in [0.25, 0.3) is 5.65 Å². The normalized spacial score (nSPS) is 11.8. The molecule has 25 heavy (non-hydrogen) atoms. The molecule has 0 unspecified atom stereocenters. The van der Waals surface area contributed by atoms with E-state index >= 15 is 0 Å². The number of nitrogens with zero attached hydrogens (tertiary/aromatic N) is 4. The van der Waals surface area contributed by atoms with Crippen LogP contribution in [0.5, 0.6) is 0 Å². The van der Waals surface area contributed by atoms with Crippen molar-refractivity contribution in [3.8, 4) is 0 Å². The lowest BCUT2D eigenvalue weighted by atomic mass is 10.3. The zero-order chi connectivity index (χ0) is 17.3.